The summed E-state index contributed by atoms with van der Waals surface area (Å²) in [5, 5.41) is 22.3. The average molecular weight is 430 g/mol. The van der Waals surface area contributed by atoms with Crippen LogP contribution < -0.4 is 10.7 Å². The molecule has 10 heteroatoms. The van der Waals surface area contributed by atoms with Crippen molar-refractivity contribution in [3.63, 3.8) is 0 Å². The van der Waals surface area contributed by atoms with Crippen molar-refractivity contribution in [1.82, 2.24) is 24.9 Å². The summed E-state index contributed by atoms with van der Waals surface area (Å²) in [6, 6.07) is 16.4. The maximum Gasteiger partial charge on any atom is 0.294 e. The van der Waals surface area contributed by atoms with E-state index in [1.54, 1.807) is 23.9 Å². The molecule has 0 saturated heterocycles. The van der Waals surface area contributed by atoms with Crippen molar-refractivity contribution in [2.75, 3.05) is 0 Å². The number of amides is 1. The Balaban J connectivity index is 1.56. The third kappa shape index (κ3) is 4.15. The normalized spacial score (nSPS) is 10.7. The molecule has 0 atom stereocenters. The van der Waals surface area contributed by atoms with Gasteiger partial charge >= 0.3 is 0 Å². The van der Waals surface area contributed by atoms with E-state index >= 15 is 0 Å². The molecule has 2 aromatic heterocycles. The van der Waals surface area contributed by atoms with Crippen LogP contribution in [0.2, 0.25) is 0 Å². The molecule has 0 fully saturated rings. The van der Waals surface area contributed by atoms with Crippen LogP contribution in [0.4, 0.5) is 5.69 Å². The largest absolute Gasteiger partial charge is 0.346 e. The molecule has 0 radical (unpaired) electrons. The summed E-state index contributed by atoms with van der Waals surface area (Å²) < 4.78 is 2.94. The highest BCUT2D eigenvalue weighted by molar-refractivity contribution is 5.92. The molecule has 0 bridgehead atoms. The molecule has 32 heavy (non-hydrogen) atoms. The van der Waals surface area contributed by atoms with Crippen molar-refractivity contribution in [3.05, 3.63) is 110 Å². The number of aryl methyl sites for hydroxylation is 1. The number of nitrogens with one attached hydrogen (secondary N) is 1. The first-order chi connectivity index (χ1) is 15.4. The summed E-state index contributed by atoms with van der Waals surface area (Å²) in [4.78, 5) is 35.9. The topological polar surface area (TPSA) is 125 Å². The minimum Gasteiger partial charge on any atom is -0.346 e. The van der Waals surface area contributed by atoms with Gasteiger partial charge in [-0.25, -0.2) is 9.36 Å². The molecule has 2 heterocycles. The molecule has 0 saturated carbocycles. The van der Waals surface area contributed by atoms with E-state index in [1.807, 2.05) is 36.5 Å². The van der Waals surface area contributed by atoms with E-state index in [4.69, 9.17) is 0 Å². The van der Waals surface area contributed by atoms with Crippen LogP contribution >= 0.6 is 0 Å². The molecule has 1 N–H and O–H groups in total. The van der Waals surface area contributed by atoms with Crippen molar-refractivity contribution in [2.45, 2.75) is 13.5 Å². The van der Waals surface area contributed by atoms with Crippen LogP contribution in [0.3, 0.4) is 0 Å². The van der Waals surface area contributed by atoms with E-state index in [0.717, 1.165) is 11.3 Å². The van der Waals surface area contributed by atoms with Crippen LogP contribution in [0, 0.1) is 17.0 Å². The fourth-order valence-corrected chi connectivity index (χ4v) is 3.20. The number of nitrogens with zero attached hydrogens (tertiary/aromatic N) is 5. The number of rotatable bonds is 6. The highest BCUT2D eigenvalue weighted by Crippen LogP contribution is 2.22. The molecule has 0 aliphatic carbocycles. The van der Waals surface area contributed by atoms with Crippen molar-refractivity contribution >= 4 is 11.6 Å². The Kier molecular flexibility index (Phi) is 5.58. The molecular formula is C22H18N6O4. The van der Waals surface area contributed by atoms with Gasteiger partial charge in [0.15, 0.2) is 5.69 Å². The van der Waals surface area contributed by atoms with Gasteiger partial charge < -0.3 is 5.32 Å². The summed E-state index contributed by atoms with van der Waals surface area (Å²) in [6.07, 6.45) is 3.50. The number of hydrogen-bond acceptors (Lipinski definition) is 6. The number of carbonyl (C=O) groups is 1. The van der Waals surface area contributed by atoms with Gasteiger partial charge in [0.2, 0.25) is 5.43 Å². The third-order valence-electron chi connectivity index (χ3n) is 4.79. The summed E-state index contributed by atoms with van der Waals surface area (Å²) in [5.74, 6) is -0.668. The van der Waals surface area contributed by atoms with Gasteiger partial charge in [0, 0.05) is 36.8 Å². The smallest absolute Gasteiger partial charge is 0.294 e. The Hall–Kier alpha value is -4.60. The second-order valence-corrected chi connectivity index (χ2v) is 6.96. The Bertz CT molecular complexity index is 1340. The van der Waals surface area contributed by atoms with E-state index in [9.17, 15) is 19.7 Å². The van der Waals surface area contributed by atoms with Gasteiger partial charge in [-0.3, -0.25) is 19.7 Å². The molecule has 0 aliphatic heterocycles. The zero-order chi connectivity index (χ0) is 22.7. The van der Waals surface area contributed by atoms with Gasteiger partial charge in [-0.15, -0.1) is 0 Å². The molecule has 0 spiro atoms. The van der Waals surface area contributed by atoms with Crippen molar-refractivity contribution in [3.8, 4) is 11.4 Å². The number of benzene rings is 2. The van der Waals surface area contributed by atoms with E-state index in [1.165, 1.54) is 28.9 Å². The van der Waals surface area contributed by atoms with Crippen LogP contribution in [-0.4, -0.2) is 30.4 Å². The molecule has 160 valence electrons. The Morgan fingerprint density at radius 3 is 2.56 bits per heavy atom. The Labute approximate surface area is 181 Å². The minimum atomic E-state index is -0.668. The van der Waals surface area contributed by atoms with Crippen LogP contribution in [0.5, 0.6) is 0 Å². The Morgan fingerprint density at radius 2 is 1.88 bits per heavy atom. The highest BCUT2D eigenvalue weighted by atomic mass is 16.6. The average Bonchev–Trinajstić information content (AvgIpc) is 3.33. The summed E-state index contributed by atoms with van der Waals surface area (Å²) in [5.41, 5.74) is 1.13. The first-order valence-electron chi connectivity index (χ1n) is 9.66. The maximum atomic E-state index is 12.7. The minimum absolute atomic E-state index is 0.165. The molecule has 1 amide bonds. The van der Waals surface area contributed by atoms with E-state index in [-0.39, 0.29) is 23.6 Å². The van der Waals surface area contributed by atoms with Gasteiger partial charge in [0.05, 0.1) is 10.6 Å². The van der Waals surface area contributed by atoms with Gasteiger partial charge in [-0.1, -0.05) is 24.3 Å². The predicted molar refractivity (Wildman–Crippen MR) is 116 cm³/mol. The molecule has 10 nitrogen and oxygen atoms in total. The number of hydrogen-bond donors (Lipinski definition) is 1. The second kappa shape index (κ2) is 8.64. The second-order valence-electron chi connectivity index (χ2n) is 6.96. The zero-order valence-electron chi connectivity index (χ0n) is 17.0. The van der Waals surface area contributed by atoms with Crippen LogP contribution in [-0.2, 0) is 6.54 Å². The molecule has 0 unspecified atom stereocenters. The lowest BCUT2D eigenvalue weighted by molar-refractivity contribution is -0.384. The molecule has 4 aromatic rings. The molecule has 4 rings (SSSR count). The predicted octanol–water partition coefficient (Wildman–Crippen LogP) is 2.56. The number of para-hydroxylation sites is 2. The first-order valence-corrected chi connectivity index (χ1v) is 9.66. The van der Waals surface area contributed by atoms with E-state index in [2.05, 4.69) is 15.5 Å². The molecular weight excluding hydrogens is 412 g/mol. The fraction of sp³-hybridized carbons (Fsp3) is 0.0909. The third-order valence-corrected chi connectivity index (χ3v) is 4.79. The van der Waals surface area contributed by atoms with E-state index in [0.29, 0.717) is 5.69 Å². The summed E-state index contributed by atoms with van der Waals surface area (Å²) in [6.45, 7) is 1.77. The molecule has 2 aromatic carbocycles. The number of carbonyl (C=O) groups excluding carboxylic acids is 1. The van der Waals surface area contributed by atoms with Crippen LogP contribution in [0.25, 0.3) is 11.4 Å². The SMILES string of the molecule is Cc1cc(=O)c(C(=O)NCc2ccc(-n3cccn3)cc2)nn1-c1ccccc1[N+](=O)[O-]. The maximum absolute atomic E-state index is 12.7. The van der Waals surface area contributed by atoms with Crippen molar-refractivity contribution < 1.29 is 9.72 Å². The van der Waals surface area contributed by atoms with E-state index < -0.39 is 16.3 Å². The number of aromatic nitrogens is 4. The van der Waals surface area contributed by atoms with Crippen LogP contribution in [0.1, 0.15) is 21.7 Å². The van der Waals surface area contributed by atoms with Gasteiger partial charge in [0.25, 0.3) is 11.6 Å². The molecule has 0 aliphatic rings. The lowest BCUT2D eigenvalue weighted by atomic mass is 10.2. The van der Waals surface area contributed by atoms with Gasteiger partial charge in [-0.2, -0.15) is 10.2 Å². The zero-order valence-corrected chi connectivity index (χ0v) is 17.0. The Morgan fingerprint density at radius 1 is 1.12 bits per heavy atom. The van der Waals surface area contributed by atoms with Gasteiger partial charge in [-0.05, 0) is 36.8 Å². The first kappa shape index (κ1) is 20.7. The van der Waals surface area contributed by atoms with Crippen molar-refractivity contribution in [2.24, 2.45) is 0 Å². The highest BCUT2D eigenvalue weighted by Gasteiger charge is 2.20. The number of nitro benzene ring substituents is 1. The van der Waals surface area contributed by atoms with Crippen molar-refractivity contribution in [1.29, 1.82) is 0 Å². The lowest BCUT2D eigenvalue weighted by Crippen LogP contribution is -2.31. The van der Waals surface area contributed by atoms with Crippen LogP contribution in [0.15, 0.2) is 77.9 Å². The number of nitro groups is 1. The van der Waals surface area contributed by atoms with Gasteiger partial charge in [0.1, 0.15) is 5.69 Å². The monoisotopic (exact) mass is 430 g/mol. The standard InChI is InChI=1S/C22H18N6O4/c1-15-13-20(29)21(25-27(15)18-5-2-3-6-19(18)28(31)32)22(30)23-14-16-7-9-17(10-8-16)26-12-4-11-24-26/h2-13H,14H2,1H3,(H,23,30). The lowest BCUT2D eigenvalue weighted by Gasteiger charge is -2.12. The summed E-state index contributed by atoms with van der Waals surface area (Å²) in [7, 11) is 0. The quantitative estimate of drug-likeness (QED) is 0.370. The summed E-state index contributed by atoms with van der Waals surface area (Å²) >= 11 is 0. The fourth-order valence-electron chi connectivity index (χ4n) is 3.20.